The predicted molar refractivity (Wildman–Crippen MR) is 126 cm³/mol. The van der Waals surface area contributed by atoms with Crippen molar-refractivity contribution in [3.8, 4) is 16.9 Å². The van der Waals surface area contributed by atoms with Gasteiger partial charge in [0.05, 0.1) is 16.8 Å². The van der Waals surface area contributed by atoms with Crippen LogP contribution in [0.2, 0.25) is 0 Å². The molecule has 0 aliphatic carbocycles. The van der Waals surface area contributed by atoms with Crippen molar-refractivity contribution >= 4 is 29.1 Å². The number of benzene rings is 4. The highest BCUT2D eigenvalue weighted by Gasteiger charge is 2.38. The van der Waals surface area contributed by atoms with Crippen molar-refractivity contribution in [2.75, 3.05) is 10.2 Å². The number of amides is 3. The minimum Gasteiger partial charge on any atom is -0.508 e. The number of hydrogen-bond donors (Lipinski definition) is 2. The van der Waals surface area contributed by atoms with E-state index in [4.69, 9.17) is 0 Å². The van der Waals surface area contributed by atoms with E-state index in [0.717, 1.165) is 16.0 Å². The number of rotatable bonds is 4. The highest BCUT2D eigenvalue weighted by Crippen LogP contribution is 2.36. The maximum absolute atomic E-state index is 13.3. The summed E-state index contributed by atoms with van der Waals surface area (Å²) in [5.41, 5.74) is 3.20. The molecule has 160 valence electrons. The van der Waals surface area contributed by atoms with E-state index < -0.39 is 17.7 Å². The highest BCUT2D eigenvalue weighted by atomic mass is 16.3. The van der Waals surface area contributed by atoms with Gasteiger partial charge < -0.3 is 10.4 Å². The maximum atomic E-state index is 13.3. The fourth-order valence-corrected chi connectivity index (χ4v) is 3.92. The number of anilines is 2. The molecular weight excluding hydrogens is 416 g/mol. The smallest absolute Gasteiger partial charge is 0.266 e. The molecule has 4 aromatic rings. The van der Waals surface area contributed by atoms with Gasteiger partial charge in [0.2, 0.25) is 0 Å². The second-order valence-corrected chi connectivity index (χ2v) is 7.59. The Labute approximate surface area is 189 Å². The molecule has 0 unspecified atom stereocenters. The molecule has 1 aliphatic heterocycles. The number of para-hydroxylation sites is 1. The van der Waals surface area contributed by atoms with Gasteiger partial charge in [-0.3, -0.25) is 14.4 Å². The fourth-order valence-electron chi connectivity index (χ4n) is 3.92. The average molecular weight is 434 g/mol. The molecule has 0 atom stereocenters. The number of carbonyl (C=O) groups excluding carboxylic acids is 3. The third-order valence-corrected chi connectivity index (χ3v) is 5.48. The number of fused-ring (bicyclic) bond motifs is 1. The van der Waals surface area contributed by atoms with Gasteiger partial charge in [-0.05, 0) is 42.0 Å². The van der Waals surface area contributed by atoms with Crippen LogP contribution < -0.4 is 10.2 Å². The minimum atomic E-state index is -0.481. The van der Waals surface area contributed by atoms with Crippen molar-refractivity contribution in [2.45, 2.75) is 0 Å². The normalized spacial score (nSPS) is 12.5. The van der Waals surface area contributed by atoms with Crippen LogP contribution in [0.5, 0.6) is 5.75 Å². The summed E-state index contributed by atoms with van der Waals surface area (Å²) in [7, 11) is 0. The van der Waals surface area contributed by atoms with Crippen LogP contribution in [0.4, 0.5) is 11.4 Å². The lowest BCUT2D eigenvalue weighted by atomic mass is 10.0. The molecule has 5 rings (SSSR count). The lowest BCUT2D eigenvalue weighted by molar-refractivity contribution is 0.0925. The number of phenolic OH excluding ortho intramolecular Hbond substituents is 1. The quantitative estimate of drug-likeness (QED) is 0.437. The Morgan fingerprint density at radius 2 is 1.42 bits per heavy atom. The molecule has 6 heteroatoms. The number of carbonyl (C=O) groups is 3. The molecule has 1 aliphatic rings. The molecule has 0 spiro atoms. The number of imide groups is 1. The Morgan fingerprint density at radius 3 is 2.21 bits per heavy atom. The molecule has 0 saturated carbocycles. The lowest BCUT2D eigenvalue weighted by Gasteiger charge is -2.18. The standard InChI is InChI=1S/C27H18N2O4/c30-20-10-6-9-19(16-20)28-25(31)18-13-14-22-23(15-18)27(33)29(26(22)32)24-12-5-4-11-21(24)17-7-2-1-3-8-17/h1-16,30H,(H,28,31). The third-order valence-electron chi connectivity index (χ3n) is 5.48. The second kappa shape index (κ2) is 8.09. The van der Waals surface area contributed by atoms with Gasteiger partial charge in [0.15, 0.2) is 0 Å². The third kappa shape index (κ3) is 3.64. The Balaban J connectivity index is 1.49. The molecule has 0 saturated heterocycles. The summed E-state index contributed by atoms with van der Waals surface area (Å²) in [4.78, 5) is 40.3. The fraction of sp³-hybridized carbons (Fsp3) is 0. The number of hydrogen-bond acceptors (Lipinski definition) is 4. The van der Waals surface area contributed by atoms with Crippen molar-refractivity contribution in [1.82, 2.24) is 0 Å². The summed E-state index contributed by atoms with van der Waals surface area (Å²) >= 11 is 0. The molecule has 0 aromatic heterocycles. The highest BCUT2D eigenvalue weighted by molar-refractivity contribution is 6.35. The summed E-state index contributed by atoms with van der Waals surface area (Å²) in [5.74, 6) is -1.34. The van der Waals surface area contributed by atoms with Gasteiger partial charge in [-0.25, -0.2) is 4.90 Å². The molecule has 33 heavy (non-hydrogen) atoms. The first kappa shape index (κ1) is 20.2. The van der Waals surface area contributed by atoms with Crippen LogP contribution in [-0.2, 0) is 0 Å². The Bertz CT molecular complexity index is 1410. The number of nitrogens with zero attached hydrogens (tertiary/aromatic N) is 1. The second-order valence-electron chi connectivity index (χ2n) is 7.59. The molecule has 0 fully saturated rings. The van der Waals surface area contributed by atoms with Gasteiger partial charge in [0.25, 0.3) is 17.7 Å². The van der Waals surface area contributed by atoms with E-state index in [0.29, 0.717) is 11.4 Å². The van der Waals surface area contributed by atoms with E-state index in [1.807, 2.05) is 42.5 Å². The topological polar surface area (TPSA) is 86.7 Å². The largest absolute Gasteiger partial charge is 0.508 e. The van der Waals surface area contributed by atoms with Gasteiger partial charge in [-0.2, -0.15) is 0 Å². The van der Waals surface area contributed by atoms with Crippen LogP contribution in [0, 0.1) is 0 Å². The van der Waals surface area contributed by atoms with E-state index in [9.17, 15) is 19.5 Å². The molecule has 0 bridgehead atoms. The Hall–Kier alpha value is -4.71. The van der Waals surface area contributed by atoms with Crippen molar-refractivity contribution in [3.05, 3.63) is 114 Å². The molecule has 1 heterocycles. The van der Waals surface area contributed by atoms with Crippen molar-refractivity contribution < 1.29 is 19.5 Å². The first-order chi connectivity index (χ1) is 16.0. The van der Waals surface area contributed by atoms with E-state index in [-0.39, 0.29) is 22.4 Å². The van der Waals surface area contributed by atoms with Crippen molar-refractivity contribution in [2.24, 2.45) is 0 Å². The lowest BCUT2D eigenvalue weighted by Crippen LogP contribution is -2.29. The van der Waals surface area contributed by atoms with Crippen LogP contribution >= 0.6 is 0 Å². The number of nitrogens with one attached hydrogen (secondary N) is 1. The van der Waals surface area contributed by atoms with Crippen molar-refractivity contribution in [3.63, 3.8) is 0 Å². The van der Waals surface area contributed by atoms with Crippen molar-refractivity contribution in [1.29, 1.82) is 0 Å². The Morgan fingerprint density at radius 1 is 0.697 bits per heavy atom. The summed E-state index contributed by atoms with van der Waals surface area (Å²) < 4.78 is 0. The molecule has 3 amide bonds. The predicted octanol–water partition coefficient (Wildman–Crippen LogP) is 5.11. The van der Waals surface area contributed by atoms with E-state index in [2.05, 4.69) is 5.32 Å². The van der Waals surface area contributed by atoms with Crippen LogP contribution in [0.3, 0.4) is 0 Å². The SMILES string of the molecule is O=C(Nc1cccc(O)c1)c1ccc2c(c1)C(=O)N(c1ccccc1-c1ccccc1)C2=O. The first-order valence-electron chi connectivity index (χ1n) is 10.3. The van der Waals surface area contributed by atoms with Crippen LogP contribution in [0.1, 0.15) is 31.1 Å². The van der Waals surface area contributed by atoms with Gasteiger partial charge in [0, 0.05) is 22.9 Å². The van der Waals surface area contributed by atoms with Crippen LogP contribution in [0.25, 0.3) is 11.1 Å². The maximum Gasteiger partial charge on any atom is 0.266 e. The molecule has 2 N–H and O–H groups in total. The molecular formula is C27H18N2O4. The van der Waals surface area contributed by atoms with Gasteiger partial charge >= 0.3 is 0 Å². The molecule has 6 nitrogen and oxygen atoms in total. The minimum absolute atomic E-state index is 0.0234. The summed E-state index contributed by atoms with van der Waals surface area (Å²) in [6.07, 6.45) is 0. The van der Waals surface area contributed by atoms with Crippen LogP contribution in [0.15, 0.2) is 97.1 Å². The summed E-state index contributed by atoms with van der Waals surface area (Å²) in [6.45, 7) is 0. The first-order valence-corrected chi connectivity index (χ1v) is 10.3. The van der Waals surface area contributed by atoms with Gasteiger partial charge in [-0.15, -0.1) is 0 Å². The van der Waals surface area contributed by atoms with Crippen LogP contribution in [-0.4, -0.2) is 22.8 Å². The zero-order valence-electron chi connectivity index (χ0n) is 17.4. The van der Waals surface area contributed by atoms with Gasteiger partial charge in [0.1, 0.15) is 5.75 Å². The zero-order valence-corrected chi connectivity index (χ0v) is 17.4. The summed E-state index contributed by atoms with van der Waals surface area (Å²) in [6, 6.07) is 27.4. The Kier molecular flexibility index (Phi) is 4.95. The van der Waals surface area contributed by atoms with E-state index in [1.54, 1.807) is 24.3 Å². The molecule has 0 radical (unpaired) electrons. The summed E-state index contributed by atoms with van der Waals surface area (Å²) in [5, 5.41) is 12.3. The van der Waals surface area contributed by atoms with Gasteiger partial charge in [-0.1, -0.05) is 54.6 Å². The molecule has 4 aromatic carbocycles. The monoisotopic (exact) mass is 434 g/mol. The van der Waals surface area contributed by atoms with E-state index in [1.165, 1.54) is 30.3 Å². The number of aromatic hydroxyl groups is 1. The van der Waals surface area contributed by atoms with E-state index >= 15 is 0 Å². The zero-order chi connectivity index (χ0) is 22.9. The number of phenols is 1. The average Bonchev–Trinajstić information content (AvgIpc) is 3.09.